The van der Waals surface area contributed by atoms with Crippen molar-refractivity contribution in [3.63, 3.8) is 0 Å². The number of rotatable bonds is 4. The summed E-state index contributed by atoms with van der Waals surface area (Å²) in [5.41, 5.74) is 0. The van der Waals surface area contributed by atoms with Gasteiger partial charge >= 0.3 is 6.03 Å². The Balaban J connectivity index is 2.40. The van der Waals surface area contributed by atoms with Gasteiger partial charge in [-0.2, -0.15) is 0 Å². The van der Waals surface area contributed by atoms with Gasteiger partial charge in [-0.1, -0.05) is 0 Å². The summed E-state index contributed by atoms with van der Waals surface area (Å²) in [6.07, 6.45) is 0. The molecule has 0 unspecified atom stereocenters. The van der Waals surface area contributed by atoms with E-state index in [0.717, 1.165) is 32.7 Å². The molecule has 0 aromatic rings. The van der Waals surface area contributed by atoms with Crippen LogP contribution in [0.25, 0.3) is 0 Å². The van der Waals surface area contributed by atoms with E-state index in [1.54, 1.807) is 7.11 Å². The summed E-state index contributed by atoms with van der Waals surface area (Å²) in [6.45, 7) is 7.43. The topological polar surface area (TPSA) is 44.8 Å². The largest absolute Gasteiger partial charge is 0.383 e. The van der Waals surface area contributed by atoms with Gasteiger partial charge in [-0.05, 0) is 6.92 Å². The van der Waals surface area contributed by atoms with E-state index < -0.39 is 0 Å². The lowest BCUT2D eigenvalue weighted by molar-refractivity contribution is 0.124. The summed E-state index contributed by atoms with van der Waals surface area (Å²) >= 11 is 0. The number of carbonyl (C=O) groups is 1. The minimum Gasteiger partial charge on any atom is -0.383 e. The summed E-state index contributed by atoms with van der Waals surface area (Å²) in [6, 6.07) is 0.135. The molecule has 2 amide bonds. The first-order chi connectivity index (χ1) is 7.29. The molecular weight excluding hydrogens is 194 g/mol. The lowest BCUT2D eigenvalue weighted by Crippen LogP contribution is -2.52. The van der Waals surface area contributed by atoms with Gasteiger partial charge in [-0.25, -0.2) is 4.79 Å². The molecule has 1 aliphatic rings. The number of methoxy groups -OCH3 is 1. The van der Waals surface area contributed by atoms with Crippen molar-refractivity contribution >= 4 is 6.03 Å². The normalized spacial score (nSPS) is 16.5. The molecule has 1 N–H and O–H groups in total. The highest BCUT2D eigenvalue weighted by molar-refractivity contribution is 5.74. The molecule has 0 saturated carbocycles. The van der Waals surface area contributed by atoms with Crippen LogP contribution in [0.2, 0.25) is 0 Å². The Kier molecular flexibility index (Phi) is 5.42. The maximum atomic E-state index is 12.0. The van der Waals surface area contributed by atoms with E-state index in [9.17, 15) is 4.79 Å². The molecule has 1 rings (SSSR count). The third-order valence-corrected chi connectivity index (χ3v) is 2.61. The van der Waals surface area contributed by atoms with Gasteiger partial charge in [-0.15, -0.1) is 0 Å². The van der Waals surface area contributed by atoms with Crippen LogP contribution in [0.1, 0.15) is 6.92 Å². The third-order valence-electron chi connectivity index (χ3n) is 2.61. The van der Waals surface area contributed by atoms with E-state index in [4.69, 9.17) is 4.74 Å². The molecule has 0 aromatic heterocycles. The average molecular weight is 215 g/mol. The van der Waals surface area contributed by atoms with Crippen LogP contribution >= 0.6 is 0 Å². The second-order valence-corrected chi connectivity index (χ2v) is 3.59. The summed E-state index contributed by atoms with van der Waals surface area (Å²) in [4.78, 5) is 15.7. The lowest BCUT2D eigenvalue weighted by atomic mass is 10.4. The van der Waals surface area contributed by atoms with Gasteiger partial charge in [-0.3, -0.25) is 0 Å². The monoisotopic (exact) mass is 215 g/mol. The van der Waals surface area contributed by atoms with Crippen molar-refractivity contribution in [2.75, 3.05) is 53.0 Å². The highest BCUT2D eigenvalue weighted by Gasteiger charge is 2.20. The molecule has 5 nitrogen and oxygen atoms in total. The molecule has 0 atom stereocenters. The summed E-state index contributed by atoms with van der Waals surface area (Å²) in [5.74, 6) is 0. The number of hydrogen-bond donors (Lipinski definition) is 1. The first-order valence-corrected chi connectivity index (χ1v) is 5.53. The zero-order valence-electron chi connectivity index (χ0n) is 9.66. The Bertz CT molecular complexity index is 193. The zero-order valence-corrected chi connectivity index (χ0v) is 9.66. The first-order valence-electron chi connectivity index (χ1n) is 5.53. The van der Waals surface area contributed by atoms with Crippen LogP contribution in [0.5, 0.6) is 0 Å². The molecule has 1 aliphatic heterocycles. The van der Waals surface area contributed by atoms with Crippen LogP contribution in [0.3, 0.4) is 0 Å². The number of hydrogen-bond acceptors (Lipinski definition) is 3. The number of nitrogens with one attached hydrogen (secondary N) is 1. The van der Waals surface area contributed by atoms with Crippen molar-refractivity contribution < 1.29 is 9.53 Å². The zero-order chi connectivity index (χ0) is 11.1. The molecule has 1 saturated heterocycles. The van der Waals surface area contributed by atoms with Crippen LogP contribution in [-0.4, -0.2) is 68.8 Å². The number of amides is 2. The van der Waals surface area contributed by atoms with Crippen molar-refractivity contribution in [2.45, 2.75) is 6.92 Å². The fraction of sp³-hybridized carbons (Fsp3) is 0.900. The average Bonchev–Trinajstić information content (AvgIpc) is 2.31. The van der Waals surface area contributed by atoms with Crippen LogP contribution in [0, 0.1) is 0 Å². The fourth-order valence-corrected chi connectivity index (χ4v) is 1.65. The van der Waals surface area contributed by atoms with E-state index in [0.29, 0.717) is 13.2 Å². The highest BCUT2D eigenvalue weighted by atomic mass is 16.5. The number of ether oxygens (including phenoxy) is 1. The molecular formula is C10H21N3O2. The molecule has 0 radical (unpaired) electrons. The van der Waals surface area contributed by atoms with E-state index in [1.165, 1.54) is 0 Å². The Hall–Kier alpha value is -0.810. The Morgan fingerprint density at radius 2 is 2.13 bits per heavy atom. The van der Waals surface area contributed by atoms with Crippen molar-refractivity contribution in [3.05, 3.63) is 0 Å². The Labute approximate surface area is 91.4 Å². The molecule has 1 fully saturated rings. The first kappa shape index (κ1) is 12.3. The number of nitrogens with zero attached hydrogens (tertiary/aromatic N) is 2. The van der Waals surface area contributed by atoms with Crippen molar-refractivity contribution in [3.8, 4) is 0 Å². The quantitative estimate of drug-likeness (QED) is 0.717. The SMILES string of the molecule is CCN(CCOC)C(=O)N1CCNCC1. The predicted octanol–water partition coefficient (Wildman–Crippen LogP) is -0.0201. The van der Waals surface area contributed by atoms with Gasteiger partial charge in [0.05, 0.1) is 6.61 Å². The van der Waals surface area contributed by atoms with Crippen molar-refractivity contribution in [1.29, 1.82) is 0 Å². The molecule has 0 aliphatic carbocycles. The van der Waals surface area contributed by atoms with E-state index in [1.807, 2.05) is 16.7 Å². The highest BCUT2D eigenvalue weighted by Crippen LogP contribution is 2.00. The van der Waals surface area contributed by atoms with E-state index >= 15 is 0 Å². The summed E-state index contributed by atoms with van der Waals surface area (Å²) in [5, 5.41) is 3.23. The van der Waals surface area contributed by atoms with Gasteiger partial charge in [0, 0.05) is 46.4 Å². The van der Waals surface area contributed by atoms with Crippen molar-refractivity contribution in [2.24, 2.45) is 0 Å². The van der Waals surface area contributed by atoms with Crippen LogP contribution in [0.15, 0.2) is 0 Å². The van der Waals surface area contributed by atoms with E-state index in [2.05, 4.69) is 5.32 Å². The minimum atomic E-state index is 0.135. The lowest BCUT2D eigenvalue weighted by Gasteiger charge is -2.32. The number of likely N-dealkylation sites (N-methyl/N-ethyl adjacent to an activating group) is 1. The molecule has 0 spiro atoms. The molecule has 1 heterocycles. The second-order valence-electron chi connectivity index (χ2n) is 3.59. The summed E-state index contributed by atoms with van der Waals surface area (Å²) < 4.78 is 4.99. The Morgan fingerprint density at radius 1 is 1.47 bits per heavy atom. The number of piperazine rings is 1. The van der Waals surface area contributed by atoms with Gasteiger partial charge in [0.25, 0.3) is 0 Å². The van der Waals surface area contributed by atoms with E-state index in [-0.39, 0.29) is 6.03 Å². The van der Waals surface area contributed by atoms with Gasteiger partial charge in [0.1, 0.15) is 0 Å². The van der Waals surface area contributed by atoms with Gasteiger partial charge in [0.15, 0.2) is 0 Å². The van der Waals surface area contributed by atoms with Gasteiger partial charge < -0.3 is 19.9 Å². The molecule has 15 heavy (non-hydrogen) atoms. The van der Waals surface area contributed by atoms with Crippen LogP contribution in [0.4, 0.5) is 4.79 Å². The van der Waals surface area contributed by atoms with Crippen LogP contribution < -0.4 is 5.32 Å². The summed E-state index contributed by atoms with van der Waals surface area (Å²) in [7, 11) is 1.66. The third kappa shape index (κ3) is 3.68. The maximum absolute atomic E-state index is 12.0. The van der Waals surface area contributed by atoms with Crippen molar-refractivity contribution in [1.82, 2.24) is 15.1 Å². The number of urea groups is 1. The second kappa shape index (κ2) is 6.63. The van der Waals surface area contributed by atoms with Crippen LogP contribution in [-0.2, 0) is 4.74 Å². The fourth-order valence-electron chi connectivity index (χ4n) is 1.65. The predicted molar refractivity (Wildman–Crippen MR) is 59.0 cm³/mol. The minimum absolute atomic E-state index is 0.135. The smallest absolute Gasteiger partial charge is 0.320 e. The standard InChI is InChI=1S/C10H21N3O2/c1-3-12(8-9-15-2)10(14)13-6-4-11-5-7-13/h11H,3-9H2,1-2H3. The number of carbonyl (C=O) groups excluding carboxylic acids is 1. The molecule has 0 bridgehead atoms. The molecule has 88 valence electrons. The Morgan fingerprint density at radius 3 is 2.67 bits per heavy atom. The van der Waals surface area contributed by atoms with Gasteiger partial charge in [0.2, 0.25) is 0 Å². The molecule has 0 aromatic carbocycles. The maximum Gasteiger partial charge on any atom is 0.320 e. The molecule has 5 heteroatoms.